The lowest BCUT2D eigenvalue weighted by molar-refractivity contribution is -0.139. The summed E-state index contributed by atoms with van der Waals surface area (Å²) in [5.41, 5.74) is 17.7. The van der Waals surface area contributed by atoms with Gasteiger partial charge in [-0.3, -0.25) is 15.1 Å². The van der Waals surface area contributed by atoms with Crippen LogP contribution >= 0.6 is 24.0 Å². The normalized spacial score (nSPS) is 10.8. The molecule has 8 N–H and O–H groups in total. The summed E-state index contributed by atoms with van der Waals surface area (Å²) in [6.07, 6.45) is 2.38. The van der Waals surface area contributed by atoms with E-state index in [-0.39, 0.29) is 47.5 Å². The van der Waals surface area contributed by atoms with Crippen LogP contribution in [0.3, 0.4) is 0 Å². The third-order valence-corrected chi connectivity index (χ3v) is 4.08. The van der Waals surface area contributed by atoms with Crippen molar-refractivity contribution in [1.29, 1.82) is 0 Å². The van der Waals surface area contributed by atoms with Crippen molar-refractivity contribution in [1.82, 2.24) is 15.3 Å². The van der Waals surface area contributed by atoms with Crippen LogP contribution in [0.1, 0.15) is 28.9 Å². The lowest BCUT2D eigenvalue weighted by atomic mass is 10.1. The minimum absolute atomic E-state index is 0. The Morgan fingerprint density at radius 3 is 2.45 bits per heavy atom. The van der Waals surface area contributed by atoms with E-state index in [1.165, 1.54) is 0 Å². The second-order valence-electron chi connectivity index (χ2n) is 6.14. The number of anilines is 2. The fourth-order valence-corrected chi connectivity index (χ4v) is 2.49. The molecule has 0 fully saturated rings. The average molecular weight is 472 g/mol. The van der Waals surface area contributed by atoms with E-state index < -0.39 is 11.9 Å². The number of aryl methyl sites for hydroxylation is 1. The number of nitrogens with zero attached hydrogens (tertiary/aromatic N) is 3. The molecule has 0 atom stereocenters. The maximum atomic E-state index is 12.1. The van der Waals surface area contributed by atoms with Gasteiger partial charge in [0, 0.05) is 6.54 Å². The number of aromatic nitrogens is 2. The summed E-state index contributed by atoms with van der Waals surface area (Å²) in [4.78, 5) is 34.2. The number of carboxylic acids is 1. The highest BCUT2D eigenvalue weighted by molar-refractivity contribution is 6.31. The largest absolute Gasteiger partial charge is 0.482 e. The van der Waals surface area contributed by atoms with Crippen molar-refractivity contribution in [2.75, 3.05) is 24.6 Å². The van der Waals surface area contributed by atoms with Crippen LogP contribution in [0.5, 0.6) is 5.75 Å². The van der Waals surface area contributed by atoms with E-state index in [4.69, 9.17) is 38.6 Å². The molecule has 0 radical (unpaired) electrons. The van der Waals surface area contributed by atoms with Crippen LogP contribution in [0.15, 0.2) is 29.3 Å². The van der Waals surface area contributed by atoms with Gasteiger partial charge < -0.3 is 27.0 Å². The molecule has 13 heteroatoms. The van der Waals surface area contributed by atoms with Crippen molar-refractivity contribution in [2.24, 2.45) is 10.7 Å². The molecular formula is C18H23Cl2N7O4. The number of ether oxygens (including phenoxy) is 1. The van der Waals surface area contributed by atoms with Crippen molar-refractivity contribution in [3.63, 3.8) is 0 Å². The van der Waals surface area contributed by atoms with E-state index in [0.717, 1.165) is 24.8 Å². The number of carbonyl (C=O) groups excluding carboxylic acids is 1. The van der Waals surface area contributed by atoms with Crippen LogP contribution in [0.4, 0.5) is 11.6 Å². The summed E-state index contributed by atoms with van der Waals surface area (Å²) < 4.78 is 5.08. The molecule has 0 unspecified atom stereocenters. The van der Waals surface area contributed by atoms with Gasteiger partial charge >= 0.3 is 5.97 Å². The molecule has 0 bridgehead atoms. The molecule has 31 heavy (non-hydrogen) atoms. The SMILES string of the molecule is Cl.NC(=NCCCCc1ccc(OCC(=O)O)cc1)NC(=O)c1nc(Cl)c(N)nc1N. The summed E-state index contributed by atoms with van der Waals surface area (Å²) >= 11 is 5.75. The summed E-state index contributed by atoms with van der Waals surface area (Å²) in [5.74, 6) is -1.52. The Hall–Kier alpha value is -3.31. The topological polar surface area (TPSA) is 192 Å². The number of aliphatic imine (C=N–C) groups is 1. The van der Waals surface area contributed by atoms with Gasteiger partial charge in [0.05, 0.1) is 0 Å². The number of rotatable bonds is 9. The number of amides is 1. The Labute approximate surface area is 189 Å². The molecule has 0 saturated carbocycles. The molecule has 0 spiro atoms. The first-order valence-electron chi connectivity index (χ1n) is 8.89. The number of nitrogens with one attached hydrogen (secondary N) is 1. The maximum absolute atomic E-state index is 12.1. The lowest BCUT2D eigenvalue weighted by Crippen LogP contribution is -2.38. The van der Waals surface area contributed by atoms with E-state index >= 15 is 0 Å². The first kappa shape index (κ1) is 25.7. The smallest absolute Gasteiger partial charge is 0.341 e. The van der Waals surface area contributed by atoms with Crippen molar-refractivity contribution in [2.45, 2.75) is 19.3 Å². The molecule has 2 rings (SSSR count). The van der Waals surface area contributed by atoms with Gasteiger partial charge in [-0.15, -0.1) is 12.4 Å². The Morgan fingerprint density at radius 1 is 1.13 bits per heavy atom. The molecule has 1 aromatic heterocycles. The van der Waals surface area contributed by atoms with Crippen molar-refractivity contribution < 1.29 is 19.4 Å². The monoisotopic (exact) mass is 471 g/mol. The van der Waals surface area contributed by atoms with Crippen LogP contribution < -0.4 is 27.3 Å². The molecular weight excluding hydrogens is 449 g/mol. The van der Waals surface area contributed by atoms with Gasteiger partial charge in [0.25, 0.3) is 5.91 Å². The molecule has 1 heterocycles. The zero-order valence-corrected chi connectivity index (χ0v) is 17.9. The highest BCUT2D eigenvalue weighted by Gasteiger charge is 2.16. The third-order valence-electron chi connectivity index (χ3n) is 3.80. The molecule has 168 valence electrons. The lowest BCUT2D eigenvalue weighted by Gasteiger charge is -2.07. The van der Waals surface area contributed by atoms with Crippen LogP contribution in [-0.2, 0) is 11.2 Å². The van der Waals surface area contributed by atoms with Crippen molar-refractivity contribution >= 4 is 53.5 Å². The second-order valence-corrected chi connectivity index (χ2v) is 6.50. The van der Waals surface area contributed by atoms with Gasteiger partial charge in [-0.1, -0.05) is 23.7 Å². The van der Waals surface area contributed by atoms with E-state index in [2.05, 4.69) is 20.3 Å². The van der Waals surface area contributed by atoms with Crippen LogP contribution in [0, 0.1) is 0 Å². The number of benzene rings is 1. The zero-order valence-electron chi connectivity index (χ0n) is 16.4. The Bertz CT molecular complexity index is 939. The summed E-state index contributed by atoms with van der Waals surface area (Å²) in [6, 6.07) is 7.19. The summed E-state index contributed by atoms with van der Waals surface area (Å²) in [5, 5.41) is 10.8. The van der Waals surface area contributed by atoms with Crippen LogP contribution in [0.25, 0.3) is 0 Å². The molecule has 2 aromatic rings. The molecule has 0 saturated heterocycles. The van der Waals surface area contributed by atoms with Crippen molar-refractivity contribution in [3.8, 4) is 5.75 Å². The standard InChI is InChI=1S/C18H22ClN7O4.ClH/c19-14-16(21)25-15(20)13(24-14)17(29)26-18(22)23-8-2-1-3-10-4-6-11(7-5-10)30-9-12(27)28;/h4-7H,1-3,8-9H2,(H,27,28)(H4,20,21,25)(H3,22,23,26,29);1H. The predicted octanol–water partition coefficient (Wildman–Crippen LogP) is 1.25. The minimum atomic E-state index is -1.02. The van der Waals surface area contributed by atoms with E-state index in [0.29, 0.717) is 12.3 Å². The van der Waals surface area contributed by atoms with E-state index in [1.54, 1.807) is 12.1 Å². The fourth-order valence-electron chi connectivity index (χ4n) is 2.36. The number of guanidine groups is 1. The van der Waals surface area contributed by atoms with E-state index in [9.17, 15) is 9.59 Å². The highest BCUT2D eigenvalue weighted by atomic mass is 35.5. The number of hydrogen-bond donors (Lipinski definition) is 5. The number of nitrogen functional groups attached to an aromatic ring is 2. The Kier molecular flexibility index (Phi) is 10.3. The summed E-state index contributed by atoms with van der Waals surface area (Å²) in [7, 11) is 0. The number of carboxylic acid groups (broad SMARTS) is 1. The van der Waals surface area contributed by atoms with Gasteiger partial charge in [-0.05, 0) is 37.0 Å². The van der Waals surface area contributed by atoms with Gasteiger partial charge in [-0.25, -0.2) is 14.8 Å². The molecule has 0 aliphatic carbocycles. The first-order valence-corrected chi connectivity index (χ1v) is 9.27. The highest BCUT2D eigenvalue weighted by Crippen LogP contribution is 2.17. The third kappa shape index (κ3) is 8.52. The Morgan fingerprint density at radius 2 is 1.81 bits per heavy atom. The van der Waals surface area contributed by atoms with Gasteiger partial charge in [0.15, 0.2) is 35.0 Å². The number of carbonyl (C=O) groups is 2. The molecule has 0 aliphatic heterocycles. The van der Waals surface area contributed by atoms with Gasteiger partial charge in [0.2, 0.25) is 0 Å². The number of halogens is 2. The van der Waals surface area contributed by atoms with Gasteiger partial charge in [0.1, 0.15) is 5.75 Å². The number of unbranched alkanes of at least 4 members (excludes halogenated alkanes) is 1. The molecule has 1 amide bonds. The zero-order chi connectivity index (χ0) is 22.1. The maximum Gasteiger partial charge on any atom is 0.341 e. The van der Waals surface area contributed by atoms with Crippen molar-refractivity contribution in [3.05, 3.63) is 40.7 Å². The number of nitrogens with two attached hydrogens (primary N) is 3. The molecule has 0 aliphatic rings. The van der Waals surface area contributed by atoms with Gasteiger partial charge in [-0.2, -0.15) is 0 Å². The molecule has 1 aromatic carbocycles. The van der Waals surface area contributed by atoms with E-state index in [1.807, 2.05) is 12.1 Å². The predicted molar refractivity (Wildman–Crippen MR) is 120 cm³/mol. The van der Waals surface area contributed by atoms with Crippen LogP contribution in [-0.4, -0.2) is 46.1 Å². The Balaban J connectivity index is 0.00000480. The first-order chi connectivity index (χ1) is 14.3. The number of aliphatic carboxylic acids is 1. The van der Waals surface area contributed by atoms with Crippen LogP contribution in [0.2, 0.25) is 5.15 Å². The quantitative estimate of drug-likeness (QED) is 0.203. The average Bonchev–Trinajstić information content (AvgIpc) is 2.69. The summed E-state index contributed by atoms with van der Waals surface area (Å²) in [6.45, 7) is 0.0371. The minimum Gasteiger partial charge on any atom is -0.482 e. The molecule has 11 nitrogen and oxygen atoms in total. The fraction of sp³-hybridized carbons (Fsp3) is 0.278. The second kappa shape index (κ2) is 12.4. The number of hydrogen-bond acceptors (Lipinski definition) is 8.